The van der Waals surface area contributed by atoms with Crippen LogP contribution in [0.3, 0.4) is 0 Å². The second kappa shape index (κ2) is 11.6. The Morgan fingerprint density at radius 1 is 1.24 bits per heavy atom. The molecule has 0 unspecified atom stereocenters. The minimum atomic E-state index is -0.274. The summed E-state index contributed by atoms with van der Waals surface area (Å²) in [5.74, 6) is 0.283. The van der Waals surface area contributed by atoms with E-state index in [1.54, 1.807) is 11.8 Å². The van der Waals surface area contributed by atoms with Gasteiger partial charge < -0.3 is 14.1 Å². The summed E-state index contributed by atoms with van der Waals surface area (Å²) in [7, 11) is 0. The molecule has 186 valence electrons. The zero-order chi connectivity index (χ0) is 24.8. The predicted molar refractivity (Wildman–Crippen MR) is 131 cm³/mol. The van der Waals surface area contributed by atoms with Gasteiger partial charge >= 0.3 is 5.97 Å². The number of aryl methyl sites for hydroxylation is 2. The highest BCUT2D eigenvalue weighted by molar-refractivity contribution is 5.92. The fraction of sp³-hybridized carbons (Fsp3) is 0.593. The molecule has 1 aromatic heterocycles. The third-order valence-corrected chi connectivity index (χ3v) is 6.85. The molecule has 0 N–H and O–H groups in total. The highest BCUT2D eigenvalue weighted by Gasteiger charge is 2.31. The first kappa shape index (κ1) is 25.9. The standard InChI is InChI=1S/C27H39N3O4/c1-7-33-27(32)23-9-8-12-29(15-23)26(31)24-17-34-25(28-24)16-30(21(6)18(2)3)14-22-11-10-19(4)13-20(22)5/h10-11,13,17-18,21,23H,7-9,12,14-16H2,1-6H3/t21-,23-/m0/s1. The van der Waals surface area contributed by atoms with Gasteiger partial charge in [0, 0.05) is 25.7 Å². The molecule has 1 aliphatic heterocycles. The molecule has 34 heavy (non-hydrogen) atoms. The summed E-state index contributed by atoms with van der Waals surface area (Å²) in [6, 6.07) is 6.84. The topological polar surface area (TPSA) is 75.9 Å². The van der Waals surface area contributed by atoms with Crippen LogP contribution in [0.5, 0.6) is 0 Å². The van der Waals surface area contributed by atoms with Gasteiger partial charge in [-0.3, -0.25) is 14.5 Å². The van der Waals surface area contributed by atoms with E-state index in [1.807, 2.05) is 0 Å². The number of carbonyl (C=O) groups is 2. The number of ether oxygens (including phenoxy) is 1. The lowest BCUT2D eigenvalue weighted by Gasteiger charge is -2.31. The molecular weight excluding hydrogens is 430 g/mol. The van der Waals surface area contributed by atoms with Crippen LogP contribution in [0.1, 0.15) is 73.6 Å². The summed E-state index contributed by atoms with van der Waals surface area (Å²) in [5, 5.41) is 0. The van der Waals surface area contributed by atoms with Crippen LogP contribution in [0.4, 0.5) is 0 Å². The van der Waals surface area contributed by atoms with Crippen molar-refractivity contribution in [3.05, 3.63) is 52.7 Å². The minimum Gasteiger partial charge on any atom is -0.466 e. The molecule has 7 nitrogen and oxygen atoms in total. The van der Waals surface area contributed by atoms with Crippen LogP contribution < -0.4 is 0 Å². The lowest BCUT2D eigenvalue weighted by Crippen LogP contribution is -2.43. The molecule has 2 aromatic rings. The van der Waals surface area contributed by atoms with Crippen molar-refractivity contribution in [3.8, 4) is 0 Å². The Hall–Kier alpha value is -2.67. The third-order valence-electron chi connectivity index (χ3n) is 6.85. The third kappa shape index (κ3) is 6.47. The van der Waals surface area contributed by atoms with Crippen molar-refractivity contribution in [2.75, 3.05) is 19.7 Å². The van der Waals surface area contributed by atoms with E-state index in [0.717, 1.165) is 19.4 Å². The molecule has 0 radical (unpaired) electrons. The number of hydrogen-bond donors (Lipinski definition) is 0. The van der Waals surface area contributed by atoms with E-state index in [2.05, 4.69) is 62.7 Å². The number of oxazole rings is 1. The first-order valence-electron chi connectivity index (χ1n) is 12.4. The maximum atomic E-state index is 13.1. The van der Waals surface area contributed by atoms with Crippen molar-refractivity contribution in [1.82, 2.24) is 14.8 Å². The lowest BCUT2D eigenvalue weighted by molar-refractivity contribution is -0.149. The molecule has 7 heteroatoms. The number of carbonyl (C=O) groups excluding carboxylic acids is 2. The summed E-state index contributed by atoms with van der Waals surface area (Å²) in [6.07, 6.45) is 2.96. The number of benzene rings is 1. The molecule has 0 spiro atoms. The zero-order valence-corrected chi connectivity index (χ0v) is 21.5. The van der Waals surface area contributed by atoms with Gasteiger partial charge in [-0.15, -0.1) is 0 Å². The number of nitrogens with zero attached hydrogens (tertiary/aromatic N) is 3. The van der Waals surface area contributed by atoms with E-state index >= 15 is 0 Å². The monoisotopic (exact) mass is 469 g/mol. The molecule has 1 fully saturated rings. The zero-order valence-electron chi connectivity index (χ0n) is 21.5. The van der Waals surface area contributed by atoms with E-state index < -0.39 is 0 Å². The Morgan fingerprint density at radius 3 is 2.68 bits per heavy atom. The maximum Gasteiger partial charge on any atom is 0.310 e. The summed E-state index contributed by atoms with van der Waals surface area (Å²) >= 11 is 0. The van der Waals surface area contributed by atoms with E-state index in [9.17, 15) is 9.59 Å². The fourth-order valence-electron chi connectivity index (χ4n) is 4.44. The Bertz CT molecular complexity index is 984. The van der Waals surface area contributed by atoms with Crippen molar-refractivity contribution in [2.45, 2.75) is 73.5 Å². The van der Waals surface area contributed by atoms with Gasteiger partial charge in [0.15, 0.2) is 5.69 Å². The van der Waals surface area contributed by atoms with Crippen molar-refractivity contribution in [3.63, 3.8) is 0 Å². The predicted octanol–water partition coefficient (Wildman–Crippen LogP) is 4.75. The van der Waals surface area contributed by atoms with Crippen LogP contribution in [0.15, 0.2) is 28.9 Å². The minimum absolute atomic E-state index is 0.193. The summed E-state index contributed by atoms with van der Waals surface area (Å²) in [5.41, 5.74) is 4.09. The SMILES string of the molecule is CCOC(=O)[C@H]1CCCN(C(=O)c2coc(CN(Cc3ccc(C)cc3C)[C@@H](C)C(C)C)n2)C1. The van der Waals surface area contributed by atoms with Crippen LogP contribution in [0.25, 0.3) is 0 Å². The van der Waals surface area contributed by atoms with Crippen LogP contribution in [0.2, 0.25) is 0 Å². The van der Waals surface area contributed by atoms with Crippen molar-refractivity contribution < 1.29 is 18.7 Å². The highest BCUT2D eigenvalue weighted by atomic mass is 16.5. The maximum absolute atomic E-state index is 13.1. The van der Waals surface area contributed by atoms with Gasteiger partial charge in [-0.2, -0.15) is 0 Å². The average molecular weight is 470 g/mol. The van der Waals surface area contributed by atoms with E-state index in [-0.39, 0.29) is 17.8 Å². The summed E-state index contributed by atoms with van der Waals surface area (Å²) < 4.78 is 10.9. The number of esters is 1. The van der Waals surface area contributed by atoms with E-state index in [0.29, 0.717) is 49.8 Å². The highest BCUT2D eigenvalue weighted by Crippen LogP contribution is 2.22. The average Bonchev–Trinajstić information content (AvgIpc) is 3.28. The molecule has 0 saturated carbocycles. The Kier molecular flexibility index (Phi) is 8.89. The lowest BCUT2D eigenvalue weighted by atomic mass is 9.98. The largest absolute Gasteiger partial charge is 0.466 e. The van der Waals surface area contributed by atoms with Crippen molar-refractivity contribution in [2.24, 2.45) is 11.8 Å². The molecule has 1 aromatic carbocycles. The van der Waals surface area contributed by atoms with Crippen molar-refractivity contribution >= 4 is 11.9 Å². The number of aromatic nitrogens is 1. The van der Waals surface area contributed by atoms with Gasteiger partial charge in [0.25, 0.3) is 5.91 Å². The number of piperidine rings is 1. The fourth-order valence-corrected chi connectivity index (χ4v) is 4.44. The summed E-state index contributed by atoms with van der Waals surface area (Å²) in [6.45, 7) is 15.3. The van der Waals surface area contributed by atoms with E-state index in [1.165, 1.54) is 23.0 Å². The Morgan fingerprint density at radius 2 is 2.00 bits per heavy atom. The van der Waals surface area contributed by atoms with Crippen LogP contribution in [0, 0.1) is 25.7 Å². The smallest absolute Gasteiger partial charge is 0.310 e. The molecule has 2 atom stereocenters. The molecular formula is C27H39N3O4. The van der Waals surface area contributed by atoms with Gasteiger partial charge in [0.05, 0.1) is 19.1 Å². The van der Waals surface area contributed by atoms with Gasteiger partial charge in [0.1, 0.15) is 6.26 Å². The second-order valence-corrected chi connectivity index (χ2v) is 9.79. The number of amides is 1. The number of rotatable bonds is 9. The van der Waals surface area contributed by atoms with Crippen LogP contribution in [-0.4, -0.2) is 52.4 Å². The molecule has 3 rings (SSSR count). The van der Waals surface area contributed by atoms with Gasteiger partial charge in [0.2, 0.25) is 5.89 Å². The normalized spacial score (nSPS) is 17.3. The second-order valence-electron chi connectivity index (χ2n) is 9.79. The van der Waals surface area contributed by atoms with Gasteiger partial charge in [-0.1, -0.05) is 37.6 Å². The Labute approximate surface area is 203 Å². The van der Waals surface area contributed by atoms with E-state index in [4.69, 9.17) is 9.15 Å². The molecule has 2 heterocycles. The van der Waals surface area contributed by atoms with Gasteiger partial charge in [-0.25, -0.2) is 4.98 Å². The summed E-state index contributed by atoms with van der Waals surface area (Å²) in [4.78, 5) is 33.8. The van der Waals surface area contributed by atoms with Crippen LogP contribution in [-0.2, 0) is 22.6 Å². The number of likely N-dealkylation sites (tertiary alicyclic amines) is 1. The Balaban J connectivity index is 1.71. The number of hydrogen-bond acceptors (Lipinski definition) is 6. The molecule has 0 aliphatic carbocycles. The quantitative estimate of drug-likeness (QED) is 0.493. The first-order valence-corrected chi connectivity index (χ1v) is 12.4. The van der Waals surface area contributed by atoms with Crippen molar-refractivity contribution in [1.29, 1.82) is 0 Å². The molecule has 1 saturated heterocycles. The molecule has 0 bridgehead atoms. The van der Waals surface area contributed by atoms with Gasteiger partial charge in [-0.05, 0) is 57.6 Å². The first-order chi connectivity index (χ1) is 16.2. The van der Waals surface area contributed by atoms with Crippen LogP contribution >= 0.6 is 0 Å². The molecule has 1 amide bonds. The molecule has 1 aliphatic rings.